The predicted molar refractivity (Wildman–Crippen MR) is 91.1 cm³/mol. The average Bonchev–Trinajstić information content (AvgIpc) is 2.53. The number of rotatable bonds is 6. The Kier molecular flexibility index (Phi) is 5.52. The molecule has 2 aromatic rings. The summed E-state index contributed by atoms with van der Waals surface area (Å²) in [5.41, 5.74) is 2.42. The Balaban J connectivity index is 1.94. The molecule has 0 radical (unpaired) electrons. The maximum absolute atomic E-state index is 12.0. The highest BCUT2D eigenvalue weighted by atomic mass is 16.5. The molecule has 0 bridgehead atoms. The maximum Gasteiger partial charge on any atom is 0.262 e. The van der Waals surface area contributed by atoms with Gasteiger partial charge in [-0.2, -0.15) is 0 Å². The van der Waals surface area contributed by atoms with Crippen LogP contribution in [0.1, 0.15) is 42.6 Å². The third kappa shape index (κ3) is 4.68. The second-order valence-electron chi connectivity index (χ2n) is 5.67. The van der Waals surface area contributed by atoms with E-state index in [0.29, 0.717) is 17.2 Å². The lowest BCUT2D eigenvalue weighted by Gasteiger charge is -2.11. The van der Waals surface area contributed by atoms with E-state index in [1.165, 1.54) is 12.5 Å². The van der Waals surface area contributed by atoms with Crippen molar-refractivity contribution in [3.05, 3.63) is 59.7 Å². The van der Waals surface area contributed by atoms with E-state index >= 15 is 0 Å². The van der Waals surface area contributed by atoms with Crippen LogP contribution in [-0.4, -0.2) is 18.3 Å². The molecule has 0 unspecified atom stereocenters. The van der Waals surface area contributed by atoms with E-state index < -0.39 is 0 Å². The lowest BCUT2D eigenvalue weighted by atomic mass is 10.0. The standard InChI is InChI=1S/C19H21NO3/c1-13(2)15-8-10-16(11-9-15)20-19(22)12-23-18-7-5-4-6-17(18)14(3)21/h4-11,13H,12H2,1-3H3,(H,20,22). The molecule has 2 aromatic carbocycles. The number of ether oxygens (including phenoxy) is 1. The van der Waals surface area contributed by atoms with Crippen molar-refractivity contribution in [2.24, 2.45) is 0 Å². The van der Waals surface area contributed by atoms with E-state index in [1.807, 2.05) is 24.3 Å². The van der Waals surface area contributed by atoms with Crippen LogP contribution in [0.2, 0.25) is 0 Å². The Hall–Kier alpha value is -2.62. The van der Waals surface area contributed by atoms with Crippen LogP contribution < -0.4 is 10.1 Å². The molecule has 0 fully saturated rings. The minimum absolute atomic E-state index is 0.0923. The lowest BCUT2D eigenvalue weighted by Crippen LogP contribution is -2.20. The number of amides is 1. The van der Waals surface area contributed by atoms with Crippen molar-refractivity contribution in [2.45, 2.75) is 26.7 Å². The fourth-order valence-electron chi connectivity index (χ4n) is 2.18. The SMILES string of the molecule is CC(=O)c1ccccc1OCC(=O)Nc1ccc(C(C)C)cc1. The van der Waals surface area contributed by atoms with Crippen molar-refractivity contribution in [3.63, 3.8) is 0 Å². The Morgan fingerprint density at radius 2 is 1.70 bits per heavy atom. The highest BCUT2D eigenvalue weighted by Crippen LogP contribution is 2.19. The quantitative estimate of drug-likeness (QED) is 0.819. The number of hydrogen-bond donors (Lipinski definition) is 1. The van der Waals surface area contributed by atoms with Gasteiger partial charge in [0.15, 0.2) is 12.4 Å². The smallest absolute Gasteiger partial charge is 0.262 e. The fourth-order valence-corrected chi connectivity index (χ4v) is 2.18. The van der Waals surface area contributed by atoms with Gasteiger partial charge >= 0.3 is 0 Å². The van der Waals surface area contributed by atoms with Crippen LogP contribution in [0, 0.1) is 0 Å². The summed E-state index contributed by atoms with van der Waals surface area (Å²) in [6, 6.07) is 14.6. The van der Waals surface area contributed by atoms with Crippen LogP contribution in [0.3, 0.4) is 0 Å². The van der Waals surface area contributed by atoms with E-state index in [-0.39, 0.29) is 18.3 Å². The third-order valence-corrected chi connectivity index (χ3v) is 3.49. The summed E-state index contributed by atoms with van der Waals surface area (Å²) in [5.74, 6) is 0.516. The number of benzene rings is 2. The largest absolute Gasteiger partial charge is 0.483 e. The molecule has 0 spiro atoms. The molecule has 1 amide bonds. The van der Waals surface area contributed by atoms with Crippen molar-refractivity contribution in [3.8, 4) is 5.75 Å². The second-order valence-corrected chi connectivity index (χ2v) is 5.67. The van der Waals surface area contributed by atoms with Crippen molar-refractivity contribution in [1.29, 1.82) is 0 Å². The molecule has 23 heavy (non-hydrogen) atoms. The van der Waals surface area contributed by atoms with Crippen molar-refractivity contribution >= 4 is 17.4 Å². The molecule has 0 heterocycles. The number of carbonyl (C=O) groups excluding carboxylic acids is 2. The number of nitrogens with one attached hydrogen (secondary N) is 1. The van der Waals surface area contributed by atoms with Gasteiger partial charge in [-0.25, -0.2) is 0 Å². The summed E-state index contributed by atoms with van der Waals surface area (Å²) in [7, 11) is 0. The zero-order valence-corrected chi connectivity index (χ0v) is 13.6. The minimum Gasteiger partial charge on any atom is -0.483 e. The predicted octanol–water partition coefficient (Wildman–Crippen LogP) is 4.03. The van der Waals surface area contributed by atoms with Crippen LogP contribution >= 0.6 is 0 Å². The van der Waals surface area contributed by atoms with Gasteiger partial charge in [-0.3, -0.25) is 9.59 Å². The molecule has 0 atom stereocenters. The van der Waals surface area contributed by atoms with Gasteiger partial charge < -0.3 is 10.1 Å². The highest BCUT2D eigenvalue weighted by molar-refractivity contribution is 5.97. The van der Waals surface area contributed by atoms with Gasteiger partial charge in [-0.1, -0.05) is 38.1 Å². The van der Waals surface area contributed by atoms with Crippen molar-refractivity contribution in [1.82, 2.24) is 0 Å². The molecule has 4 nitrogen and oxygen atoms in total. The van der Waals surface area contributed by atoms with E-state index in [2.05, 4.69) is 19.2 Å². The van der Waals surface area contributed by atoms with Gasteiger partial charge in [0.1, 0.15) is 5.75 Å². The van der Waals surface area contributed by atoms with Crippen LogP contribution in [-0.2, 0) is 4.79 Å². The average molecular weight is 311 g/mol. The maximum atomic E-state index is 12.0. The number of hydrogen-bond acceptors (Lipinski definition) is 3. The first-order valence-electron chi connectivity index (χ1n) is 7.60. The van der Waals surface area contributed by atoms with Gasteiger partial charge in [0.05, 0.1) is 5.56 Å². The zero-order chi connectivity index (χ0) is 16.8. The van der Waals surface area contributed by atoms with Crippen LogP contribution in [0.25, 0.3) is 0 Å². The number of Topliss-reactive ketones (excluding diaryl/α,β-unsaturated/α-hetero) is 1. The van der Waals surface area contributed by atoms with Crippen molar-refractivity contribution < 1.29 is 14.3 Å². The number of ketones is 1. The third-order valence-electron chi connectivity index (χ3n) is 3.49. The minimum atomic E-state index is -0.263. The normalized spacial score (nSPS) is 10.4. The summed E-state index contributed by atoms with van der Waals surface area (Å²) in [6.45, 7) is 5.57. The van der Waals surface area contributed by atoms with Gasteiger partial charge in [0.2, 0.25) is 0 Å². The summed E-state index contributed by atoms with van der Waals surface area (Å²) in [4.78, 5) is 23.5. The zero-order valence-electron chi connectivity index (χ0n) is 13.6. The summed E-state index contributed by atoms with van der Waals surface area (Å²) >= 11 is 0. The lowest BCUT2D eigenvalue weighted by molar-refractivity contribution is -0.118. The highest BCUT2D eigenvalue weighted by Gasteiger charge is 2.10. The van der Waals surface area contributed by atoms with E-state index in [0.717, 1.165) is 5.69 Å². The Morgan fingerprint density at radius 3 is 2.30 bits per heavy atom. The first kappa shape index (κ1) is 16.7. The monoisotopic (exact) mass is 311 g/mol. The molecule has 120 valence electrons. The first-order valence-corrected chi connectivity index (χ1v) is 7.60. The van der Waals surface area contributed by atoms with Gasteiger partial charge in [0, 0.05) is 5.69 Å². The Morgan fingerprint density at radius 1 is 1.04 bits per heavy atom. The molecule has 0 aliphatic rings. The Labute approximate surface area is 136 Å². The molecule has 2 rings (SSSR count). The molecule has 0 aliphatic heterocycles. The number of para-hydroxylation sites is 1. The van der Waals surface area contributed by atoms with Crippen molar-refractivity contribution in [2.75, 3.05) is 11.9 Å². The molecular weight excluding hydrogens is 290 g/mol. The molecule has 0 aromatic heterocycles. The summed E-state index contributed by atoms with van der Waals surface area (Å²) in [6.07, 6.45) is 0. The van der Waals surface area contributed by atoms with Gasteiger partial charge in [-0.05, 0) is 42.7 Å². The molecular formula is C19H21NO3. The van der Waals surface area contributed by atoms with Gasteiger partial charge in [0.25, 0.3) is 5.91 Å². The molecule has 0 saturated heterocycles. The molecule has 1 N–H and O–H groups in total. The van der Waals surface area contributed by atoms with E-state index in [4.69, 9.17) is 4.74 Å². The van der Waals surface area contributed by atoms with Crippen LogP contribution in [0.4, 0.5) is 5.69 Å². The van der Waals surface area contributed by atoms with Crippen LogP contribution in [0.5, 0.6) is 5.75 Å². The summed E-state index contributed by atoms with van der Waals surface area (Å²) in [5, 5.41) is 2.78. The van der Waals surface area contributed by atoms with Gasteiger partial charge in [-0.15, -0.1) is 0 Å². The number of carbonyl (C=O) groups is 2. The molecule has 4 heteroatoms. The molecule has 0 aliphatic carbocycles. The first-order chi connectivity index (χ1) is 11.0. The Bertz CT molecular complexity index is 690. The van der Waals surface area contributed by atoms with E-state index in [1.54, 1.807) is 24.3 Å². The topological polar surface area (TPSA) is 55.4 Å². The fraction of sp³-hybridized carbons (Fsp3) is 0.263. The number of anilines is 1. The second kappa shape index (κ2) is 7.58. The molecule has 0 saturated carbocycles. The van der Waals surface area contributed by atoms with Crippen LogP contribution in [0.15, 0.2) is 48.5 Å². The van der Waals surface area contributed by atoms with E-state index in [9.17, 15) is 9.59 Å². The summed E-state index contributed by atoms with van der Waals surface area (Å²) < 4.78 is 5.46.